The van der Waals surface area contributed by atoms with Crippen molar-refractivity contribution < 1.29 is 17.1 Å². The zero-order valence-electron chi connectivity index (χ0n) is 17.7. The second-order valence-corrected chi connectivity index (χ2v) is 8.69. The Hall–Kier alpha value is 0.739. The summed E-state index contributed by atoms with van der Waals surface area (Å²) in [5, 5.41) is 0. The SMILES string of the molecule is CCCCCCN(CCC)C(=S)[S-].CCCCCCN(CCC)C(=S)[S-].[Cu+2]. The second-order valence-electron chi connectivity index (χ2n) is 6.63. The molecule has 0 atom stereocenters. The fraction of sp³-hybridized carbons (Fsp3) is 0.900. The summed E-state index contributed by atoms with van der Waals surface area (Å²) in [6.45, 7) is 12.9. The van der Waals surface area contributed by atoms with Gasteiger partial charge in [-0.05, 0) is 25.7 Å². The van der Waals surface area contributed by atoms with Gasteiger partial charge in [-0.15, -0.1) is 0 Å². The largest absolute Gasteiger partial charge is 2.00 e. The van der Waals surface area contributed by atoms with E-state index in [1.54, 1.807) is 0 Å². The molecule has 0 saturated heterocycles. The number of unbranched alkanes of at least 4 members (excludes halogenated alkanes) is 6. The molecular formula is C20H40CuN2S4. The van der Waals surface area contributed by atoms with Crippen LogP contribution in [0.4, 0.5) is 0 Å². The van der Waals surface area contributed by atoms with Crippen molar-refractivity contribution in [2.75, 3.05) is 26.2 Å². The van der Waals surface area contributed by atoms with Crippen molar-refractivity contribution in [3.05, 3.63) is 0 Å². The van der Waals surface area contributed by atoms with Crippen molar-refractivity contribution in [2.45, 2.75) is 91.9 Å². The molecule has 0 spiro atoms. The minimum Gasteiger partial charge on any atom is -0.411 e. The van der Waals surface area contributed by atoms with Crippen LogP contribution in [0, 0.1) is 0 Å². The third-order valence-corrected chi connectivity index (χ3v) is 5.10. The third-order valence-electron chi connectivity index (χ3n) is 4.07. The Kier molecular flexibility index (Phi) is 29.7. The topological polar surface area (TPSA) is 6.48 Å². The van der Waals surface area contributed by atoms with Crippen molar-refractivity contribution in [3.8, 4) is 0 Å². The Morgan fingerprint density at radius 1 is 0.556 bits per heavy atom. The van der Waals surface area contributed by atoms with E-state index in [0.29, 0.717) is 8.64 Å². The average Bonchev–Trinajstić information content (AvgIpc) is 2.60. The zero-order chi connectivity index (χ0) is 20.2. The molecule has 0 unspecified atom stereocenters. The van der Waals surface area contributed by atoms with E-state index >= 15 is 0 Å². The molecule has 2 nitrogen and oxygen atoms in total. The van der Waals surface area contributed by atoms with E-state index in [2.05, 4.69) is 37.5 Å². The predicted molar refractivity (Wildman–Crippen MR) is 132 cm³/mol. The van der Waals surface area contributed by atoms with Gasteiger partial charge in [0, 0.05) is 26.2 Å². The summed E-state index contributed by atoms with van der Waals surface area (Å²) in [6, 6.07) is 0. The van der Waals surface area contributed by atoms with Gasteiger partial charge in [-0.25, -0.2) is 0 Å². The summed E-state index contributed by atoms with van der Waals surface area (Å²) in [7, 11) is 0. The molecule has 0 fully saturated rings. The molecule has 0 N–H and O–H groups in total. The van der Waals surface area contributed by atoms with Gasteiger partial charge in [0.2, 0.25) is 0 Å². The van der Waals surface area contributed by atoms with Gasteiger partial charge in [0.15, 0.2) is 0 Å². The Morgan fingerprint density at radius 2 is 0.889 bits per heavy atom. The predicted octanol–water partition coefficient (Wildman–Crippen LogP) is 6.22. The van der Waals surface area contributed by atoms with Crippen LogP contribution in [0.3, 0.4) is 0 Å². The molecule has 27 heavy (non-hydrogen) atoms. The van der Waals surface area contributed by atoms with Crippen LogP contribution >= 0.6 is 24.4 Å². The zero-order valence-corrected chi connectivity index (χ0v) is 21.9. The molecule has 0 aliphatic heterocycles. The Balaban J connectivity index is -0.000000411. The Morgan fingerprint density at radius 3 is 1.11 bits per heavy atom. The van der Waals surface area contributed by atoms with Crippen molar-refractivity contribution in [1.82, 2.24) is 9.80 Å². The van der Waals surface area contributed by atoms with Gasteiger partial charge in [0.25, 0.3) is 0 Å². The average molecular weight is 500 g/mol. The van der Waals surface area contributed by atoms with Crippen molar-refractivity contribution in [2.24, 2.45) is 0 Å². The molecule has 0 aliphatic carbocycles. The van der Waals surface area contributed by atoms with E-state index in [0.717, 1.165) is 39.0 Å². The van der Waals surface area contributed by atoms with E-state index in [-0.39, 0.29) is 17.1 Å². The molecular weight excluding hydrogens is 460 g/mol. The van der Waals surface area contributed by atoms with Gasteiger partial charge < -0.3 is 59.5 Å². The molecule has 0 heterocycles. The molecule has 0 rings (SSSR count). The van der Waals surface area contributed by atoms with Crippen molar-refractivity contribution in [1.29, 1.82) is 0 Å². The maximum absolute atomic E-state index is 5.00. The summed E-state index contributed by atoms with van der Waals surface area (Å²) < 4.78 is 1.27. The van der Waals surface area contributed by atoms with Gasteiger partial charge >= 0.3 is 17.1 Å². The van der Waals surface area contributed by atoms with E-state index in [1.807, 2.05) is 0 Å². The molecule has 0 bridgehead atoms. The maximum Gasteiger partial charge on any atom is 2.00 e. The van der Waals surface area contributed by atoms with Gasteiger partial charge in [-0.3, -0.25) is 0 Å². The Bertz CT molecular complexity index is 312. The van der Waals surface area contributed by atoms with Crippen LogP contribution in [0.2, 0.25) is 0 Å². The van der Waals surface area contributed by atoms with E-state index in [1.165, 1.54) is 51.4 Å². The molecule has 0 aliphatic rings. The molecule has 1 radical (unpaired) electrons. The number of hydrogen-bond donors (Lipinski definition) is 0. The van der Waals surface area contributed by atoms with Crippen LogP contribution in [-0.2, 0) is 42.3 Å². The molecule has 0 amide bonds. The van der Waals surface area contributed by atoms with Crippen molar-refractivity contribution in [3.63, 3.8) is 0 Å². The number of nitrogens with zero attached hydrogens (tertiary/aromatic N) is 2. The van der Waals surface area contributed by atoms with Gasteiger partial charge in [-0.1, -0.05) is 74.9 Å². The number of hydrogen-bond acceptors (Lipinski definition) is 4. The first-order chi connectivity index (χ1) is 12.4. The summed E-state index contributed by atoms with van der Waals surface area (Å²) >= 11 is 20.0. The molecule has 165 valence electrons. The maximum atomic E-state index is 5.00. The fourth-order valence-electron chi connectivity index (χ4n) is 2.59. The standard InChI is InChI=1S/2C10H21NS2.Cu/c2*1-3-5-6-7-9-11(8-4-2)10(12)13;/h2*3-9H2,1-2H3,(H,12,13);/q;;+2/p-2. The molecule has 0 aromatic carbocycles. The van der Waals surface area contributed by atoms with Crippen LogP contribution in [0.15, 0.2) is 0 Å². The van der Waals surface area contributed by atoms with Gasteiger partial charge in [0.1, 0.15) is 0 Å². The van der Waals surface area contributed by atoms with Crippen molar-refractivity contribution >= 4 is 58.3 Å². The fourth-order valence-corrected chi connectivity index (χ4v) is 3.32. The normalized spacial score (nSPS) is 9.63. The summed E-state index contributed by atoms with van der Waals surface area (Å²) in [5.74, 6) is 0. The second kappa shape index (κ2) is 24.8. The summed E-state index contributed by atoms with van der Waals surface area (Å²) in [5.41, 5.74) is 0. The van der Waals surface area contributed by atoms with E-state index < -0.39 is 0 Å². The van der Waals surface area contributed by atoms with Crippen LogP contribution in [0.5, 0.6) is 0 Å². The summed E-state index contributed by atoms with van der Waals surface area (Å²) in [4.78, 5) is 4.28. The minimum absolute atomic E-state index is 0. The Labute approximate surface area is 202 Å². The van der Waals surface area contributed by atoms with E-state index in [4.69, 9.17) is 49.7 Å². The smallest absolute Gasteiger partial charge is 0.411 e. The quantitative estimate of drug-likeness (QED) is 0.120. The first-order valence-electron chi connectivity index (χ1n) is 10.4. The number of rotatable bonds is 14. The monoisotopic (exact) mass is 499 g/mol. The first kappa shape index (κ1) is 32.4. The van der Waals surface area contributed by atoms with Crippen LogP contribution in [0.25, 0.3) is 0 Å². The molecule has 0 aromatic rings. The van der Waals surface area contributed by atoms with Crippen LogP contribution in [0.1, 0.15) is 91.9 Å². The number of thiocarbonyl (C=S) groups is 2. The van der Waals surface area contributed by atoms with Gasteiger partial charge in [-0.2, -0.15) is 0 Å². The molecule has 0 saturated carbocycles. The van der Waals surface area contributed by atoms with Crippen LogP contribution in [-0.4, -0.2) is 44.6 Å². The van der Waals surface area contributed by atoms with Crippen LogP contribution < -0.4 is 0 Å². The van der Waals surface area contributed by atoms with Gasteiger partial charge in [0.05, 0.1) is 0 Å². The summed E-state index contributed by atoms with van der Waals surface area (Å²) in [6.07, 6.45) is 12.5. The third kappa shape index (κ3) is 22.9. The molecule has 7 heteroatoms. The first-order valence-corrected chi connectivity index (χ1v) is 12.0. The minimum atomic E-state index is 0. The van der Waals surface area contributed by atoms with E-state index in [9.17, 15) is 0 Å². The molecule has 0 aromatic heterocycles.